The highest BCUT2D eigenvalue weighted by Crippen LogP contribution is 2.31. The van der Waals surface area contributed by atoms with E-state index in [0.717, 1.165) is 11.4 Å². The molecule has 3 N–H and O–H groups in total. The first-order valence-corrected chi connectivity index (χ1v) is 12.4. The fourth-order valence-corrected chi connectivity index (χ4v) is 4.62. The zero-order valence-electron chi connectivity index (χ0n) is 19.1. The lowest BCUT2D eigenvalue weighted by Crippen LogP contribution is -2.38. The molecule has 0 fully saturated rings. The first-order chi connectivity index (χ1) is 17.6. The largest absolute Gasteiger partial charge is 0.489 e. The number of rotatable bonds is 9. The van der Waals surface area contributed by atoms with Crippen LogP contribution < -0.4 is 31.6 Å². The summed E-state index contributed by atoms with van der Waals surface area (Å²) in [6, 6.07) is 17.9. The number of carbonyl (C=O) groups is 1. The zero-order valence-corrected chi connectivity index (χ0v) is 20.6. The number of hydrazine groups is 2. The van der Waals surface area contributed by atoms with Crippen LogP contribution in [0.5, 0.6) is 5.75 Å². The topological polar surface area (TPSA) is 92.6 Å². The van der Waals surface area contributed by atoms with Gasteiger partial charge in [-0.05, 0) is 42.5 Å². The van der Waals surface area contributed by atoms with Crippen molar-refractivity contribution in [3.63, 3.8) is 0 Å². The van der Waals surface area contributed by atoms with Crippen LogP contribution in [0.1, 0.15) is 9.67 Å². The number of pyridine rings is 1. The number of anilines is 1. The molecule has 0 bridgehead atoms. The summed E-state index contributed by atoms with van der Waals surface area (Å²) < 4.78 is 10.3. The molecule has 5 rings (SSSR count). The van der Waals surface area contributed by atoms with Gasteiger partial charge in [0.05, 0.1) is 33.7 Å². The van der Waals surface area contributed by atoms with Crippen molar-refractivity contribution in [3.8, 4) is 11.4 Å². The molecule has 4 aromatic rings. The van der Waals surface area contributed by atoms with E-state index in [1.165, 1.54) is 17.4 Å². The number of carbonyl (C=O) groups excluding carboxylic acids is 1. The van der Waals surface area contributed by atoms with Crippen molar-refractivity contribution in [3.05, 3.63) is 111 Å². The molecule has 1 aromatic carbocycles. The fourth-order valence-electron chi connectivity index (χ4n) is 3.66. The van der Waals surface area contributed by atoms with Gasteiger partial charge in [-0.1, -0.05) is 17.7 Å². The normalized spacial score (nSPS) is 12.8. The maximum absolute atomic E-state index is 12.4. The molecule has 36 heavy (non-hydrogen) atoms. The molecule has 11 heteroatoms. The van der Waals surface area contributed by atoms with Crippen LogP contribution in [0.25, 0.3) is 5.69 Å². The van der Waals surface area contributed by atoms with Crippen molar-refractivity contribution >= 4 is 34.5 Å². The number of hydrogen-bond acceptors (Lipinski definition) is 7. The second-order valence-electron chi connectivity index (χ2n) is 7.88. The molecule has 4 heterocycles. The number of halogens is 1. The van der Waals surface area contributed by atoms with Gasteiger partial charge in [0.1, 0.15) is 18.0 Å². The molecule has 0 spiro atoms. The predicted octanol–water partition coefficient (Wildman–Crippen LogP) is 3.53. The van der Waals surface area contributed by atoms with E-state index in [4.69, 9.17) is 16.3 Å². The molecule has 9 nitrogen and oxygen atoms in total. The first kappa shape index (κ1) is 23.7. The Morgan fingerprint density at radius 2 is 1.89 bits per heavy atom. The van der Waals surface area contributed by atoms with Crippen molar-refractivity contribution in [2.24, 2.45) is 0 Å². The van der Waals surface area contributed by atoms with Crippen LogP contribution in [0.3, 0.4) is 0 Å². The monoisotopic (exact) mass is 522 g/mol. The lowest BCUT2D eigenvalue weighted by molar-refractivity contribution is 0.0960. The minimum absolute atomic E-state index is 0.130. The molecule has 0 unspecified atom stereocenters. The summed E-state index contributed by atoms with van der Waals surface area (Å²) in [7, 11) is 0. The van der Waals surface area contributed by atoms with E-state index in [2.05, 4.69) is 16.3 Å². The van der Waals surface area contributed by atoms with Crippen molar-refractivity contribution in [2.45, 2.75) is 6.54 Å². The van der Waals surface area contributed by atoms with Crippen LogP contribution in [-0.4, -0.2) is 28.2 Å². The second-order valence-corrected chi connectivity index (χ2v) is 9.59. The van der Waals surface area contributed by atoms with Crippen LogP contribution in [-0.2, 0) is 6.54 Å². The number of benzene rings is 1. The van der Waals surface area contributed by atoms with E-state index in [1.807, 2.05) is 53.5 Å². The predicted molar refractivity (Wildman–Crippen MR) is 140 cm³/mol. The third kappa shape index (κ3) is 5.46. The maximum Gasteiger partial charge on any atom is 0.261 e. The molecule has 0 radical (unpaired) electrons. The van der Waals surface area contributed by atoms with Crippen LogP contribution in [0, 0.1) is 0 Å². The van der Waals surface area contributed by atoms with Gasteiger partial charge in [0.25, 0.3) is 11.5 Å². The van der Waals surface area contributed by atoms with E-state index in [0.29, 0.717) is 40.3 Å². The zero-order chi connectivity index (χ0) is 24.9. The van der Waals surface area contributed by atoms with E-state index in [9.17, 15) is 9.59 Å². The Bertz CT molecular complexity index is 1450. The number of nitrogens with zero attached hydrogens (tertiary/aromatic N) is 3. The molecule has 0 saturated heterocycles. The standard InChI is InChI=1S/C25H23ClN6O3S/c26-23-9-8-22(36-23)25(34)27-16-18-17-32(29-28-18)20-7-6-19(31-12-2-1-5-24(31)33)15-21(20)35-14-13-30-10-3-4-11-30/h1-12,15,17,28-29H,13-14,16H2,(H,27,34). The SMILES string of the molecule is O=C(NCC1=CN(c2ccc(-n3ccccc3=O)cc2OCCn2cccc2)NN1)c1ccc(Cl)s1. The molecular weight excluding hydrogens is 500 g/mol. The quantitative estimate of drug-likeness (QED) is 0.311. The van der Waals surface area contributed by atoms with Gasteiger partial charge in [0, 0.05) is 36.9 Å². The summed E-state index contributed by atoms with van der Waals surface area (Å²) in [6.45, 7) is 1.40. The minimum atomic E-state index is -0.195. The van der Waals surface area contributed by atoms with Crippen molar-refractivity contribution in [1.82, 2.24) is 25.4 Å². The molecule has 0 aliphatic carbocycles. The van der Waals surface area contributed by atoms with Gasteiger partial charge >= 0.3 is 0 Å². The lowest BCUT2D eigenvalue weighted by Gasteiger charge is -2.20. The summed E-state index contributed by atoms with van der Waals surface area (Å²) >= 11 is 7.15. The molecular formula is C25H23ClN6O3S. The Kier molecular flexibility index (Phi) is 7.08. The third-order valence-corrected chi connectivity index (χ3v) is 6.66. The Morgan fingerprint density at radius 1 is 1.06 bits per heavy atom. The summed E-state index contributed by atoms with van der Waals surface area (Å²) in [4.78, 5) is 25.2. The van der Waals surface area contributed by atoms with Crippen LogP contribution in [0.15, 0.2) is 95.9 Å². The van der Waals surface area contributed by atoms with Gasteiger partial charge in [-0.15, -0.1) is 16.9 Å². The number of hydrogen-bond donors (Lipinski definition) is 3. The van der Waals surface area contributed by atoms with Crippen molar-refractivity contribution in [2.75, 3.05) is 18.2 Å². The number of amides is 1. The number of thiophene rings is 1. The molecule has 1 aliphatic heterocycles. The Balaban J connectivity index is 1.34. The average molecular weight is 523 g/mol. The van der Waals surface area contributed by atoms with E-state index < -0.39 is 0 Å². The van der Waals surface area contributed by atoms with Gasteiger partial charge in [-0.3, -0.25) is 19.2 Å². The van der Waals surface area contributed by atoms with Gasteiger partial charge in [-0.2, -0.15) is 0 Å². The van der Waals surface area contributed by atoms with Gasteiger partial charge in [-0.25, -0.2) is 0 Å². The minimum Gasteiger partial charge on any atom is -0.489 e. The van der Waals surface area contributed by atoms with E-state index in [-0.39, 0.29) is 11.5 Å². The van der Waals surface area contributed by atoms with E-state index >= 15 is 0 Å². The smallest absolute Gasteiger partial charge is 0.261 e. The molecule has 3 aromatic heterocycles. The van der Waals surface area contributed by atoms with Gasteiger partial charge in [0.15, 0.2) is 0 Å². The lowest BCUT2D eigenvalue weighted by atomic mass is 10.2. The Morgan fingerprint density at radius 3 is 2.67 bits per heavy atom. The highest BCUT2D eigenvalue weighted by Gasteiger charge is 2.19. The summed E-state index contributed by atoms with van der Waals surface area (Å²) in [5.74, 6) is 0.402. The average Bonchev–Trinajstić information content (AvgIpc) is 3.66. The summed E-state index contributed by atoms with van der Waals surface area (Å²) in [5, 5.41) is 4.64. The van der Waals surface area contributed by atoms with Crippen LogP contribution in [0.2, 0.25) is 4.34 Å². The molecule has 1 aliphatic rings. The molecule has 1 amide bonds. The second kappa shape index (κ2) is 10.7. The highest BCUT2D eigenvalue weighted by atomic mass is 35.5. The Hall–Kier alpha value is -3.99. The molecule has 0 atom stereocenters. The van der Waals surface area contributed by atoms with Crippen LogP contribution in [0.4, 0.5) is 5.69 Å². The van der Waals surface area contributed by atoms with Crippen molar-refractivity contribution in [1.29, 1.82) is 0 Å². The third-order valence-electron chi connectivity index (χ3n) is 5.44. The fraction of sp³-hybridized carbons (Fsp3) is 0.120. The number of aromatic nitrogens is 2. The highest BCUT2D eigenvalue weighted by molar-refractivity contribution is 7.18. The molecule has 184 valence electrons. The summed E-state index contributed by atoms with van der Waals surface area (Å²) in [6.07, 6.45) is 7.51. The van der Waals surface area contributed by atoms with Crippen molar-refractivity contribution < 1.29 is 9.53 Å². The van der Waals surface area contributed by atoms with Gasteiger partial charge in [0.2, 0.25) is 0 Å². The maximum atomic E-state index is 12.4. The first-order valence-electron chi connectivity index (χ1n) is 11.2. The number of ether oxygens (including phenoxy) is 1. The summed E-state index contributed by atoms with van der Waals surface area (Å²) in [5.41, 5.74) is 8.20. The molecule has 0 saturated carbocycles. The van der Waals surface area contributed by atoms with E-state index in [1.54, 1.807) is 40.0 Å². The Labute approximate surface area is 216 Å². The van der Waals surface area contributed by atoms with Gasteiger partial charge < -0.3 is 20.0 Å². The van der Waals surface area contributed by atoms with Crippen LogP contribution >= 0.6 is 22.9 Å². The number of nitrogens with one attached hydrogen (secondary N) is 3.